The normalized spacial score (nSPS) is 9.90. The first-order valence-corrected chi connectivity index (χ1v) is 5.99. The molecule has 0 fully saturated rings. The van der Waals surface area contributed by atoms with Crippen molar-refractivity contribution in [3.05, 3.63) is 36.4 Å². The molecule has 104 valence electrons. The molecule has 0 unspecified atom stereocenters. The van der Waals surface area contributed by atoms with Crippen LogP contribution in [-0.4, -0.2) is 34.6 Å². The Morgan fingerprint density at radius 3 is 2.75 bits per heavy atom. The number of carbonyl (C=O) groups is 1. The van der Waals surface area contributed by atoms with Crippen molar-refractivity contribution in [2.45, 2.75) is 6.92 Å². The maximum atomic E-state index is 12.0. The highest BCUT2D eigenvalue weighted by molar-refractivity contribution is 6.02. The lowest BCUT2D eigenvalue weighted by Gasteiger charge is -2.06. The van der Waals surface area contributed by atoms with Crippen molar-refractivity contribution in [2.24, 2.45) is 0 Å². The summed E-state index contributed by atoms with van der Waals surface area (Å²) in [5.74, 6) is 0.476. The maximum absolute atomic E-state index is 12.0. The molecule has 0 saturated carbocycles. The lowest BCUT2D eigenvalue weighted by atomic mass is 10.3. The fraction of sp³-hybridized carbons (Fsp3) is 0.231. The van der Waals surface area contributed by atoms with E-state index in [0.717, 1.165) is 0 Å². The van der Waals surface area contributed by atoms with Crippen LogP contribution in [0.3, 0.4) is 0 Å². The summed E-state index contributed by atoms with van der Waals surface area (Å²) >= 11 is 0. The average Bonchev–Trinajstić information content (AvgIpc) is 2.48. The van der Waals surface area contributed by atoms with Gasteiger partial charge in [0.1, 0.15) is 12.0 Å². The highest BCUT2D eigenvalue weighted by atomic mass is 16.5. The van der Waals surface area contributed by atoms with E-state index in [-0.39, 0.29) is 11.6 Å². The highest BCUT2D eigenvalue weighted by Crippen LogP contribution is 2.13. The van der Waals surface area contributed by atoms with Crippen LogP contribution in [0.5, 0.6) is 11.8 Å². The van der Waals surface area contributed by atoms with Gasteiger partial charge in [-0.1, -0.05) is 0 Å². The minimum absolute atomic E-state index is 0.222. The third-order valence-corrected chi connectivity index (χ3v) is 2.37. The Bertz CT molecular complexity index is 586. The zero-order chi connectivity index (χ0) is 14.4. The molecule has 1 amide bonds. The van der Waals surface area contributed by atoms with E-state index in [1.54, 1.807) is 12.1 Å². The molecule has 0 atom stereocenters. The topological polar surface area (TPSA) is 86.2 Å². The summed E-state index contributed by atoms with van der Waals surface area (Å²) in [6, 6.07) is 4.82. The number of pyridine rings is 1. The Labute approximate surface area is 116 Å². The number of anilines is 1. The van der Waals surface area contributed by atoms with Crippen LogP contribution in [-0.2, 0) is 0 Å². The molecular weight excluding hydrogens is 260 g/mol. The molecule has 7 nitrogen and oxygen atoms in total. The zero-order valence-corrected chi connectivity index (χ0v) is 11.2. The number of nitrogens with zero attached hydrogens (tertiary/aromatic N) is 3. The van der Waals surface area contributed by atoms with Gasteiger partial charge in [0.2, 0.25) is 11.8 Å². The van der Waals surface area contributed by atoms with Gasteiger partial charge in [-0.2, -0.15) is 0 Å². The largest absolute Gasteiger partial charge is 0.481 e. The van der Waals surface area contributed by atoms with E-state index in [2.05, 4.69) is 20.3 Å². The predicted molar refractivity (Wildman–Crippen MR) is 71.9 cm³/mol. The molecule has 0 aromatic carbocycles. The van der Waals surface area contributed by atoms with Gasteiger partial charge in [0.15, 0.2) is 0 Å². The lowest BCUT2D eigenvalue weighted by molar-refractivity contribution is 0.102. The van der Waals surface area contributed by atoms with E-state index < -0.39 is 0 Å². The Balaban J connectivity index is 2.08. The second-order valence-electron chi connectivity index (χ2n) is 3.72. The van der Waals surface area contributed by atoms with E-state index in [1.165, 1.54) is 25.7 Å². The molecular formula is C13H14N4O3. The second-order valence-corrected chi connectivity index (χ2v) is 3.72. The van der Waals surface area contributed by atoms with E-state index in [4.69, 9.17) is 9.47 Å². The molecule has 0 saturated heterocycles. The van der Waals surface area contributed by atoms with Crippen molar-refractivity contribution in [2.75, 3.05) is 19.0 Å². The van der Waals surface area contributed by atoms with Gasteiger partial charge in [-0.15, -0.1) is 0 Å². The molecule has 0 spiro atoms. The van der Waals surface area contributed by atoms with Crippen molar-refractivity contribution in [1.29, 1.82) is 0 Å². The van der Waals surface area contributed by atoms with Crippen LogP contribution in [0.2, 0.25) is 0 Å². The van der Waals surface area contributed by atoms with Gasteiger partial charge < -0.3 is 14.8 Å². The number of rotatable bonds is 5. The number of hydrogen-bond acceptors (Lipinski definition) is 6. The van der Waals surface area contributed by atoms with Gasteiger partial charge in [0.05, 0.1) is 25.6 Å². The third kappa shape index (κ3) is 3.41. The summed E-state index contributed by atoms with van der Waals surface area (Å²) in [6.07, 6.45) is 2.79. The van der Waals surface area contributed by atoms with Crippen LogP contribution in [0.4, 0.5) is 5.69 Å². The summed E-state index contributed by atoms with van der Waals surface area (Å²) in [5.41, 5.74) is 0.770. The molecule has 0 aliphatic rings. The molecule has 1 N–H and O–H groups in total. The summed E-state index contributed by atoms with van der Waals surface area (Å²) < 4.78 is 10.2. The maximum Gasteiger partial charge on any atom is 0.274 e. The smallest absolute Gasteiger partial charge is 0.274 e. The van der Waals surface area contributed by atoms with Crippen LogP contribution < -0.4 is 14.8 Å². The highest BCUT2D eigenvalue weighted by Gasteiger charge is 2.10. The van der Waals surface area contributed by atoms with Crippen molar-refractivity contribution in [3.8, 4) is 11.8 Å². The first kappa shape index (κ1) is 13.7. The van der Waals surface area contributed by atoms with Gasteiger partial charge in [-0.25, -0.2) is 15.0 Å². The van der Waals surface area contributed by atoms with Gasteiger partial charge in [0, 0.05) is 12.1 Å². The minimum Gasteiger partial charge on any atom is -0.481 e. The molecule has 0 aliphatic heterocycles. The number of aromatic nitrogens is 3. The van der Waals surface area contributed by atoms with Crippen LogP contribution in [0, 0.1) is 0 Å². The predicted octanol–water partition coefficient (Wildman–Crippen LogP) is 1.53. The van der Waals surface area contributed by atoms with E-state index in [0.29, 0.717) is 24.1 Å². The number of carbonyl (C=O) groups excluding carboxylic acids is 1. The summed E-state index contributed by atoms with van der Waals surface area (Å²) in [7, 11) is 1.52. The molecule has 2 rings (SSSR count). The number of ether oxygens (including phenoxy) is 2. The Morgan fingerprint density at radius 2 is 2.10 bits per heavy atom. The summed E-state index contributed by atoms with van der Waals surface area (Å²) in [5, 5.41) is 2.68. The number of nitrogens with one attached hydrogen (secondary N) is 1. The Hall–Kier alpha value is -2.70. The standard InChI is InChI=1S/C13H14N4O3/c1-3-20-12-6-10(15-8-16-12)13(18)17-9-4-5-11(19-2)14-7-9/h4-8H,3H2,1-2H3,(H,17,18). The SMILES string of the molecule is CCOc1cc(C(=O)Nc2ccc(OC)nc2)ncn1. The van der Waals surface area contributed by atoms with E-state index >= 15 is 0 Å². The molecule has 2 heterocycles. The molecule has 20 heavy (non-hydrogen) atoms. The lowest BCUT2D eigenvalue weighted by Crippen LogP contribution is -2.14. The van der Waals surface area contributed by atoms with Crippen molar-refractivity contribution in [1.82, 2.24) is 15.0 Å². The molecule has 0 bridgehead atoms. The van der Waals surface area contributed by atoms with Crippen LogP contribution in [0.1, 0.15) is 17.4 Å². The first-order valence-electron chi connectivity index (χ1n) is 5.99. The summed E-state index contributed by atoms with van der Waals surface area (Å²) in [6.45, 7) is 2.31. The van der Waals surface area contributed by atoms with Crippen LogP contribution in [0.25, 0.3) is 0 Å². The number of methoxy groups -OCH3 is 1. The second kappa shape index (κ2) is 6.46. The van der Waals surface area contributed by atoms with E-state index in [9.17, 15) is 4.79 Å². The van der Waals surface area contributed by atoms with Gasteiger partial charge in [-0.3, -0.25) is 4.79 Å². The molecule has 0 aliphatic carbocycles. The Kier molecular flexibility index (Phi) is 4.43. The first-order chi connectivity index (χ1) is 9.72. The zero-order valence-electron chi connectivity index (χ0n) is 11.2. The third-order valence-electron chi connectivity index (χ3n) is 2.37. The number of hydrogen-bond donors (Lipinski definition) is 1. The quantitative estimate of drug-likeness (QED) is 0.889. The van der Waals surface area contributed by atoms with Crippen LogP contribution >= 0.6 is 0 Å². The monoisotopic (exact) mass is 274 g/mol. The molecule has 0 radical (unpaired) electrons. The van der Waals surface area contributed by atoms with Crippen molar-refractivity contribution >= 4 is 11.6 Å². The fourth-order valence-corrected chi connectivity index (χ4v) is 1.46. The fourth-order valence-electron chi connectivity index (χ4n) is 1.46. The van der Waals surface area contributed by atoms with Crippen molar-refractivity contribution < 1.29 is 14.3 Å². The van der Waals surface area contributed by atoms with Gasteiger partial charge >= 0.3 is 0 Å². The number of amides is 1. The molecule has 2 aromatic rings. The van der Waals surface area contributed by atoms with E-state index in [1.807, 2.05) is 6.92 Å². The Morgan fingerprint density at radius 1 is 1.25 bits per heavy atom. The minimum atomic E-state index is -0.361. The van der Waals surface area contributed by atoms with Gasteiger partial charge in [-0.05, 0) is 13.0 Å². The molecule has 2 aromatic heterocycles. The average molecular weight is 274 g/mol. The van der Waals surface area contributed by atoms with Gasteiger partial charge in [0.25, 0.3) is 5.91 Å². The van der Waals surface area contributed by atoms with Crippen molar-refractivity contribution in [3.63, 3.8) is 0 Å². The molecule has 7 heteroatoms. The summed E-state index contributed by atoms with van der Waals surface area (Å²) in [4.78, 5) is 23.8. The van der Waals surface area contributed by atoms with Crippen LogP contribution in [0.15, 0.2) is 30.7 Å².